The van der Waals surface area contributed by atoms with Crippen LogP contribution in [0.25, 0.3) is 0 Å². The molecule has 166 valence electrons. The smallest absolute Gasteiger partial charge is 0.331 e. The van der Waals surface area contributed by atoms with Gasteiger partial charge in [-0.15, -0.1) is 0 Å². The van der Waals surface area contributed by atoms with Crippen molar-refractivity contribution < 1.29 is 19.4 Å². The van der Waals surface area contributed by atoms with Gasteiger partial charge in [0.25, 0.3) is 0 Å². The summed E-state index contributed by atoms with van der Waals surface area (Å²) < 4.78 is 12.4. The van der Waals surface area contributed by atoms with Crippen LogP contribution in [0.5, 0.6) is 11.5 Å². The van der Waals surface area contributed by atoms with E-state index in [1.54, 1.807) is 7.11 Å². The minimum Gasteiger partial charge on any atom is -0.496 e. The van der Waals surface area contributed by atoms with Gasteiger partial charge in [0.1, 0.15) is 17.1 Å². The monoisotopic (exact) mass is 414 g/mol. The van der Waals surface area contributed by atoms with Crippen LogP contribution in [-0.4, -0.2) is 23.8 Å². The highest BCUT2D eigenvalue weighted by atomic mass is 16.5. The molecule has 3 rings (SSSR count). The lowest BCUT2D eigenvalue weighted by atomic mass is 9.66. The number of carboxylic acid groups (broad SMARTS) is 1. The van der Waals surface area contributed by atoms with Gasteiger partial charge in [-0.3, -0.25) is 0 Å². The minimum atomic E-state index is -0.817. The Morgan fingerprint density at radius 3 is 2.63 bits per heavy atom. The summed E-state index contributed by atoms with van der Waals surface area (Å²) in [5.74, 6) is 1.21. The number of hydrogen-bond acceptors (Lipinski definition) is 3. The van der Waals surface area contributed by atoms with E-state index in [4.69, 9.17) is 9.47 Å². The Kier molecular flexibility index (Phi) is 6.54. The van der Waals surface area contributed by atoms with Crippen molar-refractivity contribution in [2.75, 3.05) is 7.11 Å². The molecule has 1 heterocycles. The van der Waals surface area contributed by atoms with E-state index in [-0.39, 0.29) is 22.9 Å². The molecule has 0 bridgehead atoms. The van der Waals surface area contributed by atoms with Crippen LogP contribution in [0.3, 0.4) is 0 Å². The zero-order valence-corrected chi connectivity index (χ0v) is 19.5. The number of methoxy groups -OCH3 is 1. The van der Waals surface area contributed by atoms with Gasteiger partial charge in [0.05, 0.1) is 7.11 Å². The summed E-state index contributed by atoms with van der Waals surface area (Å²) in [5, 5.41) is 9.57. The second kappa shape index (κ2) is 8.64. The van der Waals surface area contributed by atoms with Crippen LogP contribution in [0.15, 0.2) is 23.8 Å². The summed E-state index contributed by atoms with van der Waals surface area (Å²) >= 11 is 0. The first-order chi connectivity index (χ1) is 14.1. The van der Waals surface area contributed by atoms with Crippen molar-refractivity contribution in [3.05, 3.63) is 34.9 Å². The lowest BCUT2D eigenvalue weighted by Crippen LogP contribution is -2.46. The average Bonchev–Trinajstić information content (AvgIpc) is 2.69. The van der Waals surface area contributed by atoms with Crippen molar-refractivity contribution in [2.24, 2.45) is 5.92 Å². The maximum absolute atomic E-state index is 11.7. The number of aliphatic carboxylic acids is 1. The van der Waals surface area contributed by atoms with E-state index in [1.165, 1.54) is 31.2 Å². The number of fused-ring (bicyclic) bond motifs is 3. The Morgan fingerprint density at radius 1 is 1.27 bits per heavy atom. The lowest BCUT2D eigenvalue weighted by Gasteiger charge is -2.47. The van der Waals surface area contributed by atoms with Gasteiger partial charge in [0.2, 0.25) is 0 Å². The molecule has 0 saturated carbocycles. The Bertz CT molecular complexity index is 819. The number of ether oxygens (including phenoxy) is 2. The summed E-state index contributed by atoms with van der Waals surface area (Å²) in [7, 11) is 1.71. The second-order valence-electron chi connectivity index (χ2n) is 10.2. The van der Waals surface area contributed by atoms with Gasteiger partial charge >= 0.3 is 5.97 Å². The van der Waals surface area contributed by atoms with Gasteiger partial charge in [-0.25, -0.2) is 4.79 Å². The van der Waals surface area contributed by atoms with E-state index in [0.29, 0.717) is 18.4 Å². The first-order valence-electron chi connectivity index (χ1n) is 11.4. The average molecular weight is 415 g/mol. The van der Waals surface area contributed by atoms with Crippen molar-refractivity contribution in [3.63, 3.8) is 0 Å². The zero-order chi connectivity index (χ0) is 22.1. The van der Waals surface area contributed by atoms with Gasteiger partial charge in [0.15, 0.2) is 0 Å². The molecule has 2 aliphatic rings. The zero-order valence-electron chi connectivity index (χ0n) is 19.5. The topological polar surface area (TPSA) is 55.8 Å². The van der Waals surface area contributed by atoms with Crippen LogP contribution in [0, 0.1) is 5.92 Å². The van der Waals surface area contributed by atoms with E-state index < -0.39 is 5.97 Å². The fourth-order valence-corrected chi connectivity index (χ4v) is 5.25. The number of hydrogen-bond donors (Lipinski definition) is 1. The van der Waals surface area contributed by atoms with Crippen molar-refractivity contribution >= 4 is 5.97 Å². The number of carbonyl (C=O) groups is 1. The molecule has 4 heteroatoms. The fraction of sp³-hybridized carbons (Fsp3) is 0.654. The Hall–Kier alpha value is -1.97. The second-order valence-corrected chi connectivity index (χ2v) is 10.2. The first-order valence-corrected chi connectivity index (χ1v) is 11.4. The third-order valence-corrected chi connectivity index (χ3v) is 7.22. The van der Waals surface area contributed by atoms with Gasteiger partial charge in [0, 0.05) is 23.0 Å². The van der Waals surface area contributed by atoms with E-state index in [0.717, 1.165) is 23.5 Å². The largest absolute Gasteiger partial charge is 0.496 e. The maximum atomic E-state index is 11.7. The van der Waals surface area contributed by atoms with Crippen molar-refractivity contribution in [1.82, 2.24) is 0 Å². The highest BCUT2D eigenvalue weighted by Crippen LogP contribution is 2.55. The molecule has 0 spiro atoms. The molecule has 0 radical (unpaired) electrons. The normalized spacial score (nSPS) is 22.4. The van der Waals surface area contributed by atoms with Crippen molar-refractivity contribution in [2.45, 2.75) is 96.5 Å². The SMILES string of the molecule is CCCCCCC(C)(C)c1cc(OC)c2c(c1)OC(C)(C)[C@@H]1CC=C(C(=O)O)CC21. The molecule has 4 nitrogen and oxygen atoms in total. The molecule has 0 amide bonds. The van der Waals surface area contributed by atoms with Crippen molar-refractivity contribution in [1.29, 1.82) is 0 Å². The quantitative estimate of drug-likeness (QED) is 0.486. The summed E-state index contributed by atoms with van der Waals surface area (Å²) in [6, 6.07) is 4.35. The number of unbranched alkanes of at least 4 members (excludes halogenated alkanes) is 3. The standard InChI is InChI=1S/C26H38O4/c1-7-8-9-10-13-25(2,3)18-15-21(29-6)23-19-14-17(24(27)28)11-12-20(19)26(4,5)30-22(23)16-18/h11,15-16,19-20H,7-10,12-14H2,1-6H3,(H,27,28)/t19?,20-/m1/s1. The lowest BCUT2D eigenvalue weighted by molar-refractivity contribution is -0.133. The molecule has 0 aromatic heterocycles. The minimum absolute atomic E-state index is 0.0269. The van der Waals surface area contributed by atoms with Gasteiger partial charge in [-0.2, -0.15) is 0 Å². The Morgan fingerprint density at radius 2 is 2.00 bits per heavy atom. The third kappa shape index (κ3) is 4.38. The van der Waals surface area contributed by atoms with Crippen LogP contribution in [0.2, 0.25) is 0 Å². The summed E-state index contributed by atoms with van der Waals surface area (Å²) in [6.45, 7) is 11.1. The molecular weight excluding hydrogens is 376 g/mol. The highest BCUT2D eigenvalue weighted by Gasteiger charge is 2.47. The number of benzene rings is 1. The summed E-state index contributed by atoms with van der Waals surface area (Å²) in [5.41, 5.74) is 2.45. The first kappa shape index (κ1) is 22.7. The molecule has 0 saturated heterocycles. The molecule has 0 fully saturated rings. The molecule has 1 aromatic carbocycles. The van der Waals surface area contributed by atoms with Crippen LogP contribution >= 0.6 is 0 Å². The molecule has 1 aliphatic carbocycles. The van der Waals surface area contributed by atoms with Gasteiger partial charge in [-0.05, 0) is 56.2 Å². The van der Waals surface area contributed by atoms with Gasteiger partial charge < -0.3 is 14.6 Å². The van der Waals surface area contributed by atoms with E-state index in [9.17, 15) is 9.90 Å². The number of allylic oxidation sites excluding steroid dienone is 1. The van der Waals surface area contributed by atoms with Crippen LogP contribution in [0.1, 0.15) is 96.6 Å². The molecule has 2 atom stereocenters. The predicted octanol–water partition coefficient (Wildman–Crippen LogP) is 6.62. The van der Waals surface area contributed by atoms with Crippen molar-refractivity contribution in [3.8, 4) is 11.5 Å². The third-order valence-electron chi connectivity index (χ3n) is 7.22. The molecule has 1 aliphatic heterocycles. The molecule has 30 heavy (non-hydrogen) atoms. The maximum Gasteiger partial charge on any atom is 0.331 e. The van der Waals surface area contributed by atoms with E-state index in [2.05, 4.69) is 46.8 Å². The molecular formula is C26H38O4. The highest BCUT2D eigenvalue weighted by molar-refractivity contribution is 5.87. The van der Waals surface area contributed by atoms with Crippen LogP contribution in [-0.2, 0) is 10.2 Å². The summed E-state index contributed by atoms with van der Waals surface area (Å²) in [4.78, 5) is 11.7. The Balaban J connectivity index is 2.00. The predicted molar refractivity (Wildman–Crippen MR) is 121 cm³/mol. The summed E-state index contributed by atoms with van der Waals surface area (Å²) in [6.07, 6.45) is 9.23. The molecule has 1 unspecified atom stereocenters. The number of rotatable bonds is 8. The van der Waals surface area contributed by atoms with E-state index >= 15 is 0 Å². The Labute approximate surface area is 181 Å². The van der Waals surface area contributed by atoms with Gasteiger partial charge in [-0.1, -0.05) is 52.5 Å². The molecule has 1 N–H and O–H groups in total. The fourth-order valence-electron chi connectivity index (χ4n) is 5.25. The van der Waals surface area contributed by atoms with Crippen LogP contribution in [0.4, 0.5) is 0 Å². The molecule has 1 aromatic rings. The number of carboxylic acids is 1. The van der Waals surface area contributed by atoms with E-state index in [1.807, 2.05) is 6.08 Å². The van der Waals surface area contributed by atoms with Crippen LogP contribution < -0.4 is 9.47 Å².